The molecule has 0 aliphatic heterocycles. The van der Waals surface area contributed by atoms with Crippen molar-refractivity contribution in [2.75, 3.05) is 7.11 Å². The molecule has 0 aliphatic rings. The molecule has 2 aromatic carbocycles. The van der Waals surface area contributed by atoms with Crippen molar-refractivity contribution in [3.63, 3.8) is 0 Å². The standard InChI is InChI=1S/C19H18FN2O4/c1-26-18-10-9-16(11-13-5-7-15(20)8-6-13)21(23)19(18)14-3-2-4-17(12-14)22(24)25/h2-10,12,23-25H,11H2,1H3/q+1/p+1. The van der Waals surface area contributed by atoms with Gasteiger partial charge in [-0.15, -0.1) is 0 Å². The molecule has 1 aromatic heterocycles. The Morgan fingerprint density at radius 3 is 2.42 bits per heavy atom. The average molecular weight is 358 g/mol. The number of aromatic nitrogens is 1. The summed E-state index contributed by atoms with van der Waals surface area (Å²) in [4.78, 5) is 0. The topological polar surface area (TPSA) is 78.2 Å². The maximum atomic E-state index is 13.1. The summed E-state index contributed by atoms with van der Waals surface area (Å²) in [5.74, 6) is 0.0999. The molecule has 0 bridgehead atoms. The van der Waals surface area contributed by atoms with Gasteiger partial charge in [0.15, 0.2) is 11.4 Å². The number of rotatable bonds is 5. The van der Waals surface area contributed by atoms with Crippen molar-refractivity contribution in [1.82, 2.24) is 0 Å². The molecule has 0 saturated carbocycles. The summed E-state index contributed by atoms with van der Waals surface area (Å²) in [6.45, 7) is 0. The van der Waals surface area contributed by atoms with E-state index in [4.69, 9.17) is 4.74 Å². The Bertz CT molecular complexity index is 914. The van der Waals surface area contributed by atoms with E-state index < -0.39 is 5.23 Å². The summed E-state index contributed by atoms with van der Waals surface area (Å²) in [7, 11) is 1.48. The van der Waals surface area contributed by atoms with Crippen LogP contribution >= 0.6 is 0 Å². The maximum absolute atomic E-state index is 13.1. The third-order valence-electron chi connectivity index (χ3n) is 4.06. The first kappa shape index (κ1) is 17.8. The molecule has 7 heteroatoms. The molecule has 4 N–H and O–H groups in total. The minimum Gasteiger partial charge on any atom is -0.490 e. The van der Waals surface area contributed by atoms with Crippen LogP contribution in [0.2, 0.25) is 0 Å². The van der Waals surface area contributed by atoms with Crippen molar-refractivity contribution in [3.8, 4) is 17.0 Å². The fourth-order valence-corrected chi connectivity index (χ4v) is 2.75. The second-order valence-corrected chi connectivity index (χ2v) is 5.76. The number of nitrogens with one attached hydrogen (secondary N) is 1. The van der Waals surface area contributed by atoms with Gasteiger partial charge in [-0.2, -0.15) is 10.4 Å². The number of nitrogens with zero attached hydrogens (tertiary/aromatic N) is 1. The van der Waals surface area contributed by atoms with E-state index in [1.54, 1.807) is 36.4 Å². The summed E-state index contributed by atoms with van der Waals surface area (Å²) < 4.78 is 19.4. The summed E-state index contributed by atoms with van der Waals surface area (Å²) in [5.41, 5.74) is 2.53. The average Bonchev–Trinajstić information content (AvgIpc) is 2.65. The zero-order chi connectivity index (χ0) is 18.7. The largest absolute Gasteiger partial charge is 0.490 e. The van der Waals surface area contributed by atoms with E-state index in [9.17, 15) is 20.0 Å². The molecular weight excluding hydrogens is 339 g/mol. The molecule has 0 amide bonds. The van der Waals surface area contributed by atoms with Gasteiger partial charge in [-0.25, -0.2) is 4.39 Å². The highest BCUT2D eigenvalue weighted by Gasteiger charge is 2.26. The van der Waals surface area contributed by atoms with Gasteiger partial charge in [-0.3, -0.25) is 5.21 Å². The minimum atomic E-state index is -0.808. The molecule has 134 valence electrons. The van der Waals surface area contributed by atoms with E-state index in [1.165, 1.54) is 31.4 Å². The number of benzene rings is 2. The van der Waals surface area contributed by atoms with Gasteiger partial charge in [0.2, 0.25) is 5.69 Å². The molecule has 0 radical (unpaired) electrons. The van der Waals surface area contributed by atoms with Crippen LogP contribution in [-0.4, -0.2) is 22.7 Å². The number of hydrogen-bond acceptors (Lipinski definition) is 4. The fraction of sp³-hybridized carbons (Fsp3) is 0.105. The van der Waals surface area contributed by atoms with Crippen molar-refractivity contribution in [3.05, 3.63) is 77.7 Å². The first-order valence-corrected chi connectivity index (χ1v) is 7.91. The lowest BCUT2D eigenvalue weighted by molar-refractivity contribution is -1.19. The number of pyridine rings is 1. The fourth-order valence-electron chi connectivity index (χ4n) is 2.75. The van der Waals surface area contributed by atoms with Gasteiger partial charge in [0.1, 0.15) is 5.82 Å². The van der Waals surface area contributed by atoms with Crippen LogP contribution < -0.4 is 14.7 Å². The molecular formula is C19H19FN2O4+2. The van der Waals surface area contributed by atoms with Crippen LogP contribution in [0.1, 0.15) is 11.3 Å². The number of hydrogen-bond donors (Lipinski definition) is 4. The lowest BCUT2D eigenvalue weighted by Gasteiger charge is -2.08. The number of halogens is 1. The van der Waals surface area contributed by atoms with Crippen LogP contribution in [0.25, 0.3) is 11.3 Å². The second kappa shape index (κ2) is 7.49. The molecule has 0 spiro atoms. The summed E-state index contributed by atoms with van der Waals surface area (Å²) in [6.07, 6.45) is 0.380. The van der Waals surface area contributed by atoms with Crippen molar-refractivity contribution in [2.45, 2.75) is 6.42 Å². The monoisotopic (exact) mass is 358 g/mol. The first-order valence-electron chi connectivity index (χ1n) is 7.91. The van der Waals surface area contributed by atoms with E-state index in [-0.39, 0.29) is 11.5 Å². The molecule has 0 fully saturated rings. The van der Waals surface area contributed by atoms with Crippen LogP contribution in [0.5, 0.6) is 5.75 Å². The summed E-state index contributed by atoms with van der Waals surface area (Å²) in [6, 6.07) is 15.9. The molecule has 0 saturated heterocycles. The van der Waals surface area contributed by atoms with Crippen LogP contribution in [0, 0.1) is 5.82 Å². The normalized spacial score (nSPS) is 11.0. The lowest BCUT2D eigenvalue weighted by atomic mass is 10.1. The Hall–Kier alpha value is -3.00. The first-order chi connectivity index (χ1) is 12.5. The Morgan fingerprint density at radius 2 is 1.77 bits per heavy atom. The van der Waals surface area contributed by atoms with Crippen molar-refractivity contribution in [2.24, 2.45) is 0 Å². The number of methoxy groups -OCH3 is 1. The molecule has 0 unspecified atom stereocenters. The highest BCUT2D eigenvalue weighted by molar-refractivity contribution is 5.65. The Balaban J connectivity index is 2.06. The highest BCUT2D eigenvalue weighted by Crippen LogP contribution is 2.28. The van der Waals surface area contributed by atoms with Gasteiger partial charge >= 0.3 is 5.69 Å². The van der Waals surface area contributed by atoms with E-state index in [0.29, 0.717) is 29.1 Å². The minimum absolute atomic E-state index is 0.216. The molecule has 3 rings (SSSR count). The van der Waals surface area contributed by atoms with E-state index in [1.807, 2.05) is 0 Å². The predicted octanol–water partition coefficient (Wildman–Crippen LogP) is 1.91. The van der Waals surface area contributed by atoms with Gasteiger partial charge in [-0.05, 0) is 35.1 Å². The Kier molecular flexibility index (Phi) is 5.13. The smallest absolute Gasteiger partial charge is 0.306 e. The van der Waals surface area contributed by atoms with Gasteiger partial charge in [0.05, 0.1) is 19.1 Å². The summed E-state index contributed by atoms with van der Waals surface area (Å²) in [5, 5.41) is 28.5. The van der Waals surface area contributed by atoms with Crippen LogP contribution in [0.15, 0.2) is 60.7 Å². The van der Waals surface area contributed by atoms with Gasteiger partial charge in [0.25, 0.3) is 0 Å². The number of ether oxygens (including phenoxy) is 1. The molecule has 3 aromatic rings. The Labute approximate surface area is 149 Å². The maximum Gasteiger partial charge on any atom is 0.306 e. The second-order valence-electron chi connectivity index (χ2n) is 5.76. The van der Waals surface area contributed by atoms with E-state index in [0.717, 1.165) is 10.3 Å². The Morgan fingerprint density at radius 1 is 1.04 bits per heavy atom. The molecule has 6 nitrogen and oxygen atoms in total. The SMILES string of the molecule is COc1ccc(Cc2ccc(F)cc2)[n+](O)c1-c1cccc([NH+](O)O)c1. The third kappa shape index (κ3) is 3.65. The van der Waals surface area contributed by atoms with Crippen LogP contribution in [-0.2, 0) is 6.42 Å². The quantitative estimate of drug-likeness (QED) is 0.319. The van der Waals surface area contributed by atoms with Gasteiger partial charge in [0, 0.05) is 22.9 Å². The zero-order valence-corrected chi connectivity index (χ0v) is 14.1. The predicted molar refractivity (Wildman–Crippen MR) is 89.2 cm³/mol. The van der Waals surface area contributed by atoms with Gasteiger partial charge in [-0.1, -0.05) is 18.2 Å². The third-order valence-corrected chi connectivity index (χ3v) is 4.06. The van der Waals surface area contributed by atoms with E-state index >= 15 is 0 Å². The van der Waals surface area contributed by atoms with Crippen LogP contribution in [0.4, 0.5) is 10.1 Å². The molecule has 26 heavy (non-hydrogen) atoms. The molecule has 1 heterocycles. The highest BCUT2D eigenvalue weighted by atomic mass is 19.1. The van der Waals surface area contributed by atoms with Crippen molar-refractivity contribution < 1.29 is 34.7 Å². The van der Waals surface area contributed by atoms with Crippen molar-refractivity contribution >= 4 is 5.69 Å². The summed E-state index contributed by atoms with van der Waals surface area (Å²) >= 11 is 0. The van der Waals surface area contributed by atoms with E-state index in [2.05, 4.69) is 0 Å². The van der Waals surface area contributed by atoms with Gasteiger partial charge < -0.3 is 4.74 Å². The molecule has 0 atom stereocenters. The molecule has 0 aliphatic carbocycles. The lowest BCUT2D eigenvalue weighted by Crippen LogP contribution is -3.01. The zero-order valence-electron chi connectivity index (χ0n) is 14.1. The van der Waals surface area contributed by atoms with Crippen molar-refractivity contribution in [1.29, 1.82) is 0 Å². The van der Waals surface area contributed by atoms with Crippen LogP contribution in [0.3, 0.4) is 0 Å². The number of quaternary nitrogens is 1.